The maximum atomic E-state index is 5.63. The summed E-state index contributed by atoms with van der Waals surface area (Å²) in [5, 5.41) is 0. The Labute approximate surface area is 85.3 Å². The smallest absolute Gasteiger partial charge is 0.0280 e. The van der Waals surface area contributed by atoms with Gasteiger partial charge in [0.2, 0.25) is 0 Å². The molecule has 1 fully saturated rings. The zero-order valence-electron chi connectivity index (χ0n) is 8.29. The van der Waals surface area contributed by atoms with Crippen molar-refractivity contribution in [2.75, 3.05) is 6.54 Å². The van der Waals surface area contributed by atoms with Crippen LogP contribution in [0.15, 0.2) is 24.3 Å². The molecule has 0 aromatic heterocycles. The topological polar surface area (TPSA) is 26.0 Å². The molecule has 2 N–H and O–H groups in total. The minimum atomic E-state index is 0.317. The Kier molecular flexibility index (Phi) is 2.31. The van der Waals surface area contributed by atoms with Gasteiger partial charge in [-0.05, 0) is 42.9 Å². The monoisotopic (exact) mass is 185 g/mol. The van der Waals surface area contributed by atoms with E-state index in [-0.39, 0.29) is 0 Å². The molecule has 0 heterocycles. The molecule has 14 heavy (non-hydrogen) atoms. The maximum Gasteiger partial charge on any atom is 0.0280 e. The van der Waals surface area contributed by atoms with Crippen LogP contribution in [-0.4, -0.2) is 6.54 Å². The van der Waals surface area contributed by atoms with Crippen LogP contribution < -0.4 is 5.73 Å². The van der Waals surface area contributed by atoms with Gasteiger partial charge in [0.25, 0.3) is 0 Å². The lowest BCUT2D eigenvalue weighted by Crippen LogP contribution is -2.14. The first kappa shape index (κ1) is 9.30. The summed E-state index contributed by atoms with van der Waals surface area (Å²) in [6, 6.07) is 8.23. The predicted octanol–water partition coefficient (Wildman–Crippen LogP) is 2.05. The summed E-state index contributed by atoms with van der Waals surface area (Å²) in [6.07, 6.45) is 9.03. The van der Waals surface area contributed by atoms with Gasteiger partial charge in [0.15, 0.2) is 0 Å². The molecule has 0 bridgehead atoms. The molecule has 0 spiro atoms. The first-order chi connectivity index (χ1) is 6.82. The minimum Gasteiger partial charge on any atom is -0.330 e. The fourth-order valence-corrected chi connectivity index (χ4v) is 2.15. The van der Waals surface area contributed by atoms with Crippen molar-refractivity contribution in [3.8, 4) is 12.3 Å². The normalized spacial score (nSPS) is 17.4. The van der Waals surface area contributed by atoms with Gasteiger partial charge in [-0.1, -0.05) is 24.1 Å². The van der Waals surface area contributed by atoms with Gasteiger partial charge in [-0.15, -0.1) is 6.42 Å². The van der Waals surface area contributed by atoms with Gasteiger partial charge >= 0.3 is 0 Å². The Balaban J connectivity index is 2.37. The summed E-state index contributed by atoms with van der Waals surface area (Å²) in [7, 11) is 0. The standard InChI is InChI=1S/C13H15N/c1-2-11-5-3-4-6-12(11)13(7-8-13)9-10-14/h1,3-6H,7-10,14H2. The van der Waals surface area contributed by atoms with Crippen molar-refractivity contribution in [1.82, 2.24) is 0 Å². The molecule has 0 saturated heterocycles. The van der Waals surface area contributed by atoms with Crippen LogP contribution in [0.5, 0.6) is 0 Å². The van der Waals surface area contributed by atoms with Crippen LogP contribution in [0.3, 0.4) is 0 Å². The van der Waals surface area contributed by atoms with E-state index in [9.17, 15) is 0 Å². The molecule has 0 unspecified atom stereocenters. The molecule has 0 atom stereocenters. The van der Waals surface area contributed by atoms with Crippen molar-refractivity contribution in [1.29, 1.82) is 0 Å². The van der Waals surface area contributed by atoms with E-state index in [0.717, 1.165) is 18.5 Å². The molecule has 1 saturated carbocycles. The third-order valence-corrected chi connectivity index (χ3v) is 3.13. The molecule has 1 aromatic carbocycles. The average molecular weight is 185 g/mol. The molecule has 1 nitrogen and oxygen atoms in total. The first-order valence-corrected chi connectivity index (χ1v) is 5.08. The number of nitrogens with two attached hydrogens (primary N) is 1. The fraction of sp³-hybridized carbons (Fsp3) is 0.385. The first-order valence-electron chi connectivity index (χ1n) is 5.08. The van der Waals surface area contributed by atoms with Crippen LogP contribution in [-0.2, 0) is 5.41 Å². The van der Waals surface area contributed by atoms with E-state index in [0.29, 0.717) is 5.41 Å². The molecular weight excluding hydrogens is 170 g/mol. The van der Waals surface area contributed by atoms with Crippen LogP contribution in [0.25, 0.3) is 0 Å². The number of benzene rings is 1. The fourth-order valence-electron chi connectivity index (χ4n) is 2.15. The van der Waals surface area contributed by atoms with E-state index in [4.69, 9.17) is 12.2 Å². The van der Waals surface area contributed by atoms with E-state index < -0.39 is 0 Å². The van der Waals surface area contributed by atoms with Crippen molar-refractivity contribution < 1.29 is 0 Å². The second kappa shape index (κ2) is 3.48. The van der Waals surface area contributed by atoms with Crippen molar-refractivity contribution in [3.63, 3.8) is 0 Å². The molecule has 1 aliphatic rings. The molecule has 72 valence electrons. The van der Waals surface area contributed by atoms with Crippen molar-refractivity contribution in [2.24, 2.45) is 5.73 Å². The highest BCUT2D eigenvalue weighted by molar-refractivity contribution is 5.46. The van der Waals surface area contributed by atoms with Crippen molar-refractivity contribution in [2.45, 2.75) is 24.7 Å². The average Bonchev–Trinajstić information content (AvgIpc) is 2.99. The largest absolute Gasteiger partial charge is 0.330 e. The Hall–Kier alpha value is -1.26. The SMILES string of the molecule is C#Cc1ccccc1C1(CCN)CC1. The summed E-state index contributed by atoms with van der Waals surface area (Å²) in [5.74, 6) is 2.76. The van der Waals surface area contributed by atoms with Gasteiger partial charge in [0.05, 0.1) is 0 Å². The minimum absolute atomic E-state index is 0.317. The van der Waals surface area contributed by atoms with Crippen LogP contribution in [0.4, 0.5) is 0 Å². The Morgan fingerprint density at radius 1 is 1.36 bits per heavy atom. The Bertz CT molecular complexity index is 369. The van der Waals surface area contributed by atoms with Crippen molar-refractivity contribution >= 4 is 0 Å². The highest BCUT2D eigenvalue weighted by Crippen LogP contribution is 2.51. The summed E-state index contributed by atoms with van der Waals surface area (Å²) in [6.45, 7) is 0.749. The van der Waals surface area contributed by atoms with Gasteiger partial charge in [0, 0.05) is 5.56 Å². The van der Waals surface area contributed by atoms with E-state index in [1.165, 1.54) is 18.4 Å². The number of hydrogen-bond donors (Lipinski definition) is 1. The van der Waals surface area contributed by atoms with Crippen molar-refractivity contribution in [3.05, 3.63) is 35.4 Å². The summed E-state index contributed by atoms with van der Waals surface area (Å²) in [4.78, 5) is 0. The van der Waals surface area contributed by atoms with Gasteiger partial charge in [-0.25, -0.2) is 0 Å². The number of terminal acetylenes is 1. The van der Waals surface area contributed by atoms with Gasteiger partial charge < -0.3 is 5.73 Å². The van der Waals surface area contributed by atoms with Crippen LogP contribution in [0, 0.1) is 12.3 Å². The predicted molar refractivity (Wildman–Crippen MR) is 59.0 cm³/mol. The molecule has 0 radical (unpaired) electrons. The van der Waals surface area contributed by atoms with Crippen LogP contribution >= 0.6 is 0 Å². The molecule has 0 aliphatic heterocycles. The van der Waals surface area contributed by atoms with Crippen LogP contribution in [0.2, 0.25) is 0 Å². The van der Waals surface area contributed by atoms with Gasteiger partial charge in [-0.2, -0.15) is 0 Å². The van der Waals surface area contributed by atoms with Gasteiger partial charge in [0.1, 0.15) is 0 Å². The molecule has 1 aromatic rings. The lowest BCUT2D eigenvalue weighted by molar-refractivity contribution is 0.628. The molecule has 2 rings (SSSR count). The van der Waals surface area contributed by atoms with E-state index >= 15 is 0 Å². The quantitative estimate of drug-likeness (QED) is 0.717. The zero-order valence-corrected chi connectivity index (χ0v) is 8.29. The summed E-state index contributed by atoms with van der Waals surface area (Å²) < 4.78 is 0. The lowest BCUT2D eigenvalue weighted by atomic mass is 9.89. The summed E-state index contributed by atoms with van der Waals surface area (Å²) >= 11 is 0. The highest BCUT2D eigenvalue weighted by Gasteiger charge is 2.44. The molecular formula is C13H15N. The number of rotatable bonds is 3. The number of hydrogen-bond acceptors (Lipinski definition) is 1. The lowest BCUT2D eigenvalue weighted by Gasteiger charge is -2.16. The van der Waals surface area contributed by atoms with E-state index in [2.05, 4.69) is 18.1 Å². The van der Waals surface area contributed by atoms with Crippen LogP contribution in [0.1, 0.15) is 30.4 Å². The van der Waals surface area contributed by atoms with E-state index in [1.54, 1.807) is 0 Å². The second-order valence-corrected chi connectivity index (χ2v) is 4.01. The Morgan fingerprint density at radius 2 is 2.07 bits per heavy atom. The van der Waals surface area contributed by atoms with Gasteiger partial charge in [-0.3, -0.25) is 0 Å². The second-order valence-electron chi connectivity index (χ2n) is 4.01. The third kappa shape index (κ3) is 1.42. The molecule has 1 heteroatoms. The third-order valence-electron chi connectivity index (χ3n) is 3.13. The molecule has 1 aliphatic carbocycles. The maximum absolute atomic E-state index is 5.63. The summed E-state index contributed by atoms with van der Waals surface area (Å²) in [5.41, 5.74) is 8.32. The zero-order chi connectivity index (χ0) is 10.0. The van der Waals surface area contributed by atoms with E-state index in [1.807, 2.05) is 12.1 Å². The Morgan fingerprint density at radius 3 is 2.64 bits per heavy atom. The molecule has 0 amide bonds. The highest BCUT2D eigenvalue weighted by atomic mass is 14.6.